The molecule has 1 saturated heterocycles. The molecule has 0 aliphatic carbocycles. The minimum atomic E-state index is -0.608. The van der Waals surface area contributed by atoms with Crippen molar-refractivity contribution >= 4 is 27.9 Å². The molecule has 1 fully saturated rings. The fourth-order valence-corrected chi connectivity index (χ4v) is 4.72. The van der Waals surface area contributed by atoms with Crippen molar-refractivity contribution in [2.75, 3.05) is 27.0 Å². The van der Waals surface area contributed by atoms with Crippen molar-refractivity contribution in [3.8, 4) is 17.0 Å². The molecule has 0 spiro atoms. The summed E-state index contributed by atoms with van der Waals surface area (Å²) in [7, 11) is 3.17. The fourth-order valence-electron chi connectivity index (χ4n) is 4.72. The van der Waals surface area contributed by atoms with Gasteiger partial charge in [-0.3, -0.25) is 9.48 Å². The third-order valence-electron chi connectivity index (χ3n) is 6.40. The van der Waals surface area contributed by atoms with E-state index in [2.05, 4.69) is 10.1 Å². The molecule has 38 heavy (non-hydrogen) atoms. The average Bonchev–Trinajstić information content (AvgIpc) is 3.49. The summed E-state index contributed by atoms with van der Waals surface area (Å²) in [6.45, 7) is 6.21. The summed E-state index contributed by atoms with van der Waals surface area (Å²) in [5, 5.41) is 5.20. The Hall–Kier alpha value is -3.99. The minimum absolute atomic E-state index is 0.0218. The molecule has 10 nitrogen and oxygen atoms in total. The largest absolute Gasteiger partial charge is 0.464 e. The van der Waals surface area contributed by atoms with E-state index < -0.39 is 11.4 Å². The van der Waals surface area contributed by atoms with Crippen LogP contribution >= 0.6 is 0 Å². The molecule has 1 amide bonds. The van der Waals surface area contributed by atoms with Crippen LogP contribution in [0, 0.1) is 5.82 Å². The van der Waals surface area contributed by atoms with Crippen LogP contribution in [0.4, 0.5) is 9.18 Å². The highest BCUT2D eigenvalue weighted by Crippen LogP contribution is 2.37. The lowest BCUT2D eigenvalue weighted by Gasteiger charge is -2.24. The number of aryl methyl sites for hydroxylation is 1. The standard InChI is InChI=1S/C27H30FN5O5/c1-27(2,3)38-26(35)32-10-8-17(14-32)33-11-9-21-18(25(33)34)6-7-20(29-21)19-12-16-13-31(4)30-23(16)22(28)24(19)37-15-36-5/h6-7,9,11-13,17H,8,10,14-15H2,1-5H3/t17-/m1/s1. The van der Waals surface area contributed by atoms with Crippen molar-refractivity contribution in [1.29, 1.82) is 0 Å². The second kappa shape index (κ2) is 9.71. The third-order valence-corrected chi connectivity index (χ3v) is 6.40. The monoisotopic (exact) mass is 523 g/mol. The number of pyridine rings is 2. The Morgan fingerprint density at radius 2 is 2.03 bits per heavy atom. The van der Waals surface area contributed by atoms with Crippen LogP contribution in [0.2, 0.25) is 0 Å². The van der Waals surface area contributed by atoms with Gasteiger partial charge in [-0.15, -0.1) is 0 Å². The fraction of sp³-hybridized carbons (Fsp3) is 0.407. The molecule has 5 rings (SSSR count). The van der Waals surface area contributed by atoms with Crippen molar-refractivity contribution in [3.63, 3.8) is 0 Å². The molecular formula is C27H30FN5O5. The molecule has 0 unspecified atom stereocenters. The number of aromatic nitrogens is 4. The number of carbonyl (C=O) groups is 1. The number of rotatable bonds is 5. The van der Waals surface area contributed by atoms with Gasteiger partial charge in [0, 0.05) is 50.6 Å². The predicted octanol–water partition coefficient (Wildman–Crippen LogP) is 4.25. The molecule has 0 radical (unpaired) electrons. The maximum atomic E-state index is 15.4. The zero-order valence-corrected chi connectivity index (χ0v) is 22.0. The Bertz CT molecular complexity index is 1590. The van der Waals surface area contributed by atoms with Gasteiger partial charge in [-0.2, -0.15) is 5.10 Å². The van der Waals surface area contributed by atoms with Crippen LogP contribution < -0.4 is 10.3 Å². The number of benzene rings is 1. The van der Waals surface area contributed by atoms with Crippen LogP contribution in [0.3, 0.4) is 0 Å². The first-order valence-corrected chi connectivity index (χ1v) is 12.3. The van der Waals surface area contributed by atoms with E-state index in [-0.39, 0.29) is 35.8 Å². The van der Waals surface area contributed by atoms with E-state index in [0.29, 0.717) is 47.1 Å². The summed E-state index contributed by atoms with van der Waals surface area (Å²) in [5.41, 5.74) is 0.731. The summed E-state index contributed by atoms with van der Waals surface area (Å²) in [5.74, 6) is -0.630. The summed E-state index contributed by atoms with van der Waals surface area (Å²) < 4.78 is 34.6. The molecule has 0 saturated carbocycles. The van der Waals surface area contributed by atoms with Gasteiger partial charge in [0.05, 0.1) is 22.6 Å². The van der Waals surface area contributed by atoms with Gasteiger partial charge in [-0.05, 0) is 51.5 Å². The number of amides is 1. The van der Waals surface area contributed by atoms with Gasteiger partial charge in [-0.1, -0.05) is 0 Å². The van der Waals surface area contributed by atoms with Crippen LogP contribution in [-0.2, 0) is 16.5 Å². The number of nitrogens with zero attached hydrogens (tertiary/aromatic N) is 5. The van der Waals surface area contributed by atoms with Crippen molar-refractivity contribution in [3.05, 3.63) is 52.8 Å². The molecule has 11 heteroatoms. The zero-order chi connectivity index (χ0) is 27.2. The summed E-state index contributed by atoms with van der Waals surface area (Å²) in [6.07, 6.45) is 3.66. The lowest BCUT2D eigenvalue weighted by molar-refractivity contribution is 0.0289. The van der Waals surface area contributed by atoms with Crippen molar-refractivity contribution in [1.82, 2.24) is 24.2 Å². The second-order valence-electron chi connectivity index (χ2n) is 10.4. The first-order chi connectivity index (χ1) is 18.1. The third kappa shape index (κ3) is 4.81. The normalized spacial score (nSPS) is 15.9. The molecular weight excluding hydrogens is 493 g/mol. The number of carbonyl (C=O) groups excluding carboxylic acids is 1. The van der Waals surface area contributed by atoms with E-state index >= 15 is 4.39 Å². The van der Waals surface area contributed by atoms with E-state index in [1.54, 1.807) is 53.2 Å². The molecule has 1 aliphatic rings. The Morgan fingerprint density at radius 1 is 1.24 bits per heavy atom. The predicted molar refractivity (Wildman–Crippen MR) is 140 cm³/mol. The molecule has 3 aromatic heterocycles. The minimum Gasteiger partial charge on any atom is -0.464 e. The zero-order valence-electron chi connectivity index (χ0n) is 22.0. The molecule has 1 aromatic carbocycles. The topological polar surface area (TPSA) is 101 Å². The Balaban J connectivity index is 1.49. The second-order valence-corrected chi connectivity index (χ2v) is 10.4. The van der Waals surface area contributed by atoms with Gasteiger partial charge in [0.1, 0.15) is 11.1 Å². The number of likely N-dealkylation sites (tertiary alicyclic amines) is 1. The molecule has 4 heterocycles. The van der Waals surface area contributed by atoms with E-state index in [1.165, 1.54) is 11.8 Å². The highest BCUT2D eigenvalue weighted by atomic mass is 19.1. The van der Waals surface area contributed by atoms with Gasteiger partial charge in [0.25, 0.3) is 5.56 Å². The number of methoxy groups -OCH3 is 1. The van der Waals surface area contributed by atoms with E-state index in [0.717, 1.165) is 0 Å². The van der Waals surface area contributed by atoms with Crippen LogP contribution in [0.25, 0.3) is 33.1 Å². The quantitative estimate of drug-likeness (QED) is 0.361. The summed E-state index contributed by atoms with van der Waals surface area (Å²) >= 11 is 0. The first kappa shape index (κ1) is 25.7. The number of halogens is 1. The van der Waals surface area contributed by atoms with E-state index in [4.69, 9.17) is 14.2 Å². The van der Waals surface area contributed by atoms with Gasteiger partial charge in [0.2, 0.25) is 0 Å². The van der Waals surface area contributed by atoms with Crippen molar-refractivity contribution in [2.45, 2.75) is 38.8 Å². The van der Waals surface area contributed by atoms with Crippen molar-refractivity contribution in [2.24, 2.45) is 7.05 Å². The van der Waals surface area contributed by atoms with E-state index in [1.807, 2.05) is 20.8 Å². The Kier molecular flexibility index (Phi) is 6.56. The molecule has 4 aromatic rings. The van der Waals surface area contributed by atoms with E-state index in [9.17, 15) is 9.59 Å². The summed E-state index contributed by atoms with van der Waals surface area (Å²) in [6, 6.07) is 6.70. The molecule has 0 N–H and O–H groups in total. The van der Waals surface area contributed by atoms with Crippen molar-refractivity contribution < 1.29 is 23.4 Å². The first-order valence-electron chi connectivity index (χ1n) is 12.3. The Labute approximate surface area is 218 Å². The van der Waals surface area contributed by atoms with Crippen LogP contribution in [0.15, 0.2) is 41.5 Å². The number of ether oxygens (including phenoxy) is 3. The average molecular weight is 524 g/mol. The van der Waals surface area contributed by atoms with Gasteiger partial charge in [0.15, 0.2) is 18.4 Å². The SMILES string of the molecule is COCOc1c(-c2ccc3c(=O)n([C@@H]4CCN(C(=O)OC(C)(C)C)C4)ccc3n2)cc2cn(C)nc2c1F. The highest BCUT2D eigenvalue weighted by Gasteiger charge is 2.31. The smallest absolute Gasteiger partial charge is 0.410 e. The molecule has 200 valence electrons. The number of hydrogen-bond acceptors (Lipinski definition) is 7. The lowest BCUT2D eigenvalue weighted by Crippen LogP contribution is -2.36. The van der Waals surface area contributed by atoms with Gasteiger partial charge in [-0.25, -0.2) is 14.2 Å². The summed E-state index contributed by atoms with van der Waals surface area (Å²) in [4.78, 5) is 32.1. The Morgan fingerprint density at radius 3 is 2.76 bits per heavy atom. The molecule has 1 atom stereocenters. The van der Waals surface area contributed by atoms with Gasteiger partial charge < -0.3 is 23.7 Å². The van der Waals surface area contributed by atoms with Gasteiger partial charge >= 0.3 is 6.09 Å². The van der Waals surface area contributed by atoms with Crippen LogP contribution in [0.1, 0.15) is 33.2 Å². The lowest BCUT2D eigenvalue weighted by atomic mass is 10.1. The highest BCUT2D eigenvalue weighted by molar-refractivity contribution is 5.89. The van der Waals surface area contributed by atoms with Crippen LogP contribution in [-0.4, -0.2) is 62.9 Å². The maximum Gasteiger partial charge on any atom is 0.410 e. The molecule has 1 aliphatic heterocycles. The maximum absolute atomic E-state index is 15.4. The molecule has 0 bridgehead atoms. The number of fused-ring (bicyclic) bond motifs is 2. The number of hydrogen-bond donors (Lipinski definition) is 0. The van der Waals surface area contributed by atoms with Crippen LogP contribution in [0.5, 0.6) is 5.75 Å².